The minimum absolute atomic E-state index is 0.0732. The molecule has 1 atom stereocenters. The lowest BCUT2D eigenvalue weighted by Gasteiger charge is -2.23. The SMILES string of the molecule is COc1ccc(NC(=O)C2CSCN2C(=O)CCc2cccc(Cl)c2Cl)cc1. The van der Waals surface area contributed by atoms with E-state index in [1.165, 1.54) is 0 Å². The molecule has 1 N–H and O–H groups in total. The fourth-order valence-corrected chi connectivity index (χ4v) is 4.53. The number of rotatable bonds is 6. The molecule has 0 bridgehead atoms. The van der Waals surface area contributed by atoms with E-state index in [1.807, 2.05) is 12.1 Å². The number of aryl methyl sites for hydroxylation is 1. The van der Waals surface area contributed by atoms with Crippen LogP contribution in [0.4, 0.5) is 5.69 Å². The topological polar surface area (TPSA) is 58.6 Å². The average Bonchev–Trinajstić information content (AvgIpc) is 3.19. The highest BCUT2D eigenvalue weighted by atomic mass is 35.5. The van der Waals surface area contributed by atoms with Gasteiger partial charge in [-0.3, -0.25) is 9.59 Å². The Morgan fingerprint density at radius 1 is 1.21 bits per heavy atom. The van der Waals surface area contributed by atoms with E-state index in [0.29, 0.717) is 39.5 Å². The summed E-state index contributed by atoms with van der Waals surface area (Å²) in [5.41, 5.74) is 1.49. The Bertz CT molecular complexity index is 861. The van der Waals surface area contributed by atoms with Crippen molar-refractivity contribution in [3.63, 3.8) is 0 Å². The van der Waals surface area contributed by atoms with Gasteiger partial charge in [-0.1, -0.05) is 35.3 Å². The number of ether oxygens (including phenoxy) is 1. The summed E-state index contributed by atoms with van der Waals surface area (Å²) in [6.07, 6.45) is 0.749. The van der Waals surface area contributed by atoms with E-state index in [-0.39, 0.29) is 18.2 Å². The minimum atomic E-state index is -0.491. The highest BCUT2D eigenvalue weighted by Crippen LogP contribution is 2.28. The van der Waals surface area contributed by atoms with Crippen LogP contribution in [-0.4, -0.2) is 41.5 Å². The van der Waals surface area contributed by atoms with Gasteiger partial charge in [0.1, 0.15) is 11.8 Å². The van der Waals surface area contributed by atoms with Crippen LogP contribution in [0.15, 0.2) is 42.5 Å². The van der Waals surface area contributed by atoms with Crippen molar-refractivity contribution in [2.75, 3.05) is 24.1 Å². The predicted octanol–water partition coefficient (Wildman–Crippen LogP) is 4.47. The molecule has 2 amide bonds. The fourth-order valence-electron chi connectivity index (χ4n) is 2.93. The van der Waals surface area contributed by atoms with Crippen LogP contribution < -0.4 is 10.1 Å². The number of nitrogens with one attached hydrogen (secondary N) is 1. The van der Waals surface area contributed by atoms with Crippen LogP contribution >= 0.6 is 35.0 Å². The first-order chi connectivity index (χ1) is 13.5. The number of thioether (sulfide) groups is 1. The summed E-state index contributed by atoms with van der Waals surface area (Å²) in [4.78, 5) is 27.0. The maximum Gasteiger partial charge on any atom is 0.248 e. The Morgan fingerprint density at radius 3 is 2.68 bits per heavy atom. The van der Waals surface area contributed by atoms with Crippen LogP contribution in [0, 0.1) is 0 Å². The molecule has 8 heteroatoms. The van der Waals surface area contributed by atoms with E-state index in [0.717, 1.165) is 5.56 Å². The molecule has 148 valence electrons. The van der Waals surface area contributed by atoms with Crippen molar-refractivity contribution in [3.8, 4) is 5.75 Å². The van der Waals surface area contributed by atoms with Crippen LogP contribution in [0.25, 0.3) is 0 Å². The van der Waals surface area contributed by atoms with E-state index in [2.05, 4.69) is 5.32 Å². The van der Waals surface area contributed by atoms with Gasteiger partial charge >= 0.3 is 0 Å². The second-order valence-corrected chi connectivity index (χ2v) is 8.09. The Labute approximate surface area is 178 Å². The summed E-state index contributed by atoms with van der Waals surface area (Å²) in [5, 5.41) is 3.82. The van der Waals surface area contributed by atoms with Gasteiger partial charge in [0.05, 0.1) is 23.0 Å². The van der Waals surface area contributed by atoms with E-state index in [1.54, 1.807) is 54.1 Å². The third-order valence-electron chi connectivity index (χ3n) is 4.50. The monoisotopic (exact) mass is 438 g/mol. The molecule has 1 unspecified atom stereocenters. The molecule has 1 heterocycles. The first-order valence-corrected chi connectivity index (χ1v) is 10.7. The first kappa shape index (κ1) is 20.8. The molecule has 0 radical (unpaired) electrons. The van der Waals surface area contributed by atoms with E-state index >= 15 is 0 Å². The molecular formula is C20H20Cl2N2O3S. The molecule has 1 fully saturated rings. The Kier molecular flexibility index (Phi) is 7.10. The van der Waals surface area contributed by atoms with Crippen LogP contribution in [0.3, 0.4) is 0 Å². The number of carbonyl (C=O) groups is 2. The molecule has 5 nitrogen and oxygen atoms in total. The highest BCUT2D eigenvalue weighted by Gasteiger charge is 2.34. The summed E-state index contributed by atoms with van der Waals surface area (Å²) in [7, 11) is 1.59. The Balaban J connectivity index is 1.60. The second-order valence-electron chi connectivity index (χ2n) is 6.31. The van der Waals surface area contributed by atoms with Gasteiger partial charge in [0, 0.05) is 17.9 Å². The largest absolute Gasteiger partial charge is 0.497 e. The van der Waals surface area contributed by atoms with Gasteiger partial charge in [0.25, 0.3) is 0 Å². The lowest BCUT2D eigenvalue weighted by Crippen LogP contribution is -2.44. The van der Waals surface area contributed by atoms with Crippen molar-refractivity contribution in [2.45, 2.75) is 18.9 Å². The molecule has 1 aliphatic heterocycles. The molecule has 1 aliphatic rings. The van der Waals surface area contributed by atoms with Gasteiger partial charge in [-0.2, -0.15) is 0 Å². The van der Waals surface area contributed by atoms with Gasteiger partial charge in [-0.15, -0.1) is 11.8 Å². The third-order valence-corrected chi connectivity index (χ3v) is 6.37. The molecule has 0 spiro atoms. The van der Waals surface area contributed by atoms with Gasteiger partial charge in [0.15, 0.2) is 0 Å². The summed E-state index contributed by atoms with van der Waals surface area (Å²) in [5.74, 6) is 1.53. The molecule has 0 aromatic heterocycles. The standard InChI is InChI=1S/C20H20Cl2N2O3S/c1-27-15-8-6-14(7-9-15)23-20(26)17-11-28-12-24(17)18(25)10-5-13-3-2-4-16(21)19(13)22/h2-4,6-9,17H,5,10-12H2,1H3,(H,23,26). The number of hydrogen-bond donors (Lipinski definition) is 1. The molecule has 1 saturated heterocycles. The molecule has 2 aromatic rings. The number of methoxy groups -OCH3 is 1. The average molecular weight is 439 g/mol. The van der Waals surface area contributed by atoms with Crippen molar-refractivity contribution in [1.82, 2.24) is 4.90 Å². The Morgan fingerprint density at radius 2 is 1.96 bits per heavy atom. The van der Waals surface area contributed by atoms with E-state index < -0.39 is 6.04 Å². The normalized spacial score (nSPS) is 16.1. The highest BCUT2D eigenvalue weighted by molar-refractivity contribution is 7.99. The quantitative estimate of drug-likeness (QED) is 0.722. The van der Waals surface area contributed by atoms with Crippen molar-refractivity contribution >= 4 is 52.5 Å². The van der Waals surface area contributed by atoms with Crippen molar-refractivity contribution in [1.29, 1.82) is 0 Å². The third kappa shape index (κ3) is 4.93. The number of amides is 2. The van der Waals surface area contributed by atoms with Crippen molar-refractivity contribution in [2.24, 2.45) is 0 Å². The van der Waals surface area contributed by atoms with Gasteiger partial charge in [-0.05, 0) is 42.3 Å². The predicted molar refractivity (Wildman–Crippen MR) is 114 cm³/mol. The smallest absolute Gasteiger partial charge is 0.248 e. The maximum absolute atomic E-state index is 12.7. The van der Waals surface area contributed by atoms with Gasteiger partial charge in [-0.25, -0.2) is 0 Å². The Hall–Kier alpha value is -1.89. The molecule has 28 heavy (non-hydrogen) atoms. The first-order valence-electron chi connectivity index (χ1n) is 8.74. The fraction of sp³-hybridized carbons (Fsp3) is 0.300. The lowest BCUT2D eigenvalue weighted by molar-refractivity contribution is -0.136. The number of carbonyl (C=O) groups excluding carboxylic acids is 2. The second kappa shape index (κ2) is 9.54. The van der Waals surface area contributed by atoms with Crippen LogP contribution in [0.5, 0.6) is 5.75 Å². The van der Waals surface area contributed by atoms with E-state index in [4.69, 9.17) is 27.9 Å². The zero-order valence-corrected chi connectivity index (χ0v) is 17.6. The summed E-state index contributed by atoms with van der Waals surface area (Å²) >= 11 is 13.8. The summed E-state index contributed by atoms with van der Waals surface area (Å²) in [6, 6.07) is 12.0. The summed E-state index contributed by atoms with van der Waals surface area (Å²) < 4.78 is 5.11. The molecule has 3 rings (SSSR count). The zero-order valence-electron chi connectivity index (χ0n) is 15.3. The lowest BCUT2D eigenvalue weighted by atomic mass is 10.1. The number of nitrogens with zero attached hydrogens (tertiary/aromatic N) is 1. The van der Waals surface area contributed by atoms with Crippen molar-refractivity contribution < 1.29 is 14.3 Å². The van der Waals surface area contributed by atoms with Gasteiger partial charge < -0.3 is 15.0 Å². The minimum Gasteiger partial charge on any atom is -0.497 e. The summed E-state index contributed by atoms with van der Waals surface area (Å²) in [6.45, 7) is 0. The molecule has 0 saturated carbocycles. The van der Waals surface area contributed by atoms with Crippen LogP contribution in [-0.2, 0) is 16.0 Å². The number of benzene rings is 2. The van der Waals surface area contributed by atoms with Crippen LogP contribution in [0.2, 0.25) is 10.0 Å². The zero-order chi connectivity index (χ0) is 20.1. The number of anilines is 1. The molecular weight excluding hydrogens is 419 g/mol. The van der Waals surface area contributed by atoms with E-state index in [9.17, 15) is 9.59 Å². The van der Waals surface area contributed by atoms with Crippen LogP contribution in [0.1, 0.15) is 12.0 Å². The van der Waals surface area contributed by atoms with Crippen molar-refractivity contribution in [3.05, 3.63) is 58.1 Å². The molecule has 2 aromatic carbocycles. The number of halogens is 2. The number of hydrogen-bond acceptors (Lipinski definition) is 4. The maximum atomic E-state index is 12.7. The molecule has 0 aliphatic carbocycles. The van der Waals surface area contributed by atoms with Gasteiger partial charge in [0.2, 0.25) is 11.8 Å².